The summed E-state index contributed by atoms with van der Waals surface area (Å²) in [6.07, 6.45) is 3.62. The number of rotatable bonds is 4. The minimum absolute atomic E-state index is 0.765. The average Bonchev–Trinajstić information content (AvgIpc) is 2.38. The Hall–Kier alpha value is -1.81. The minimum Gasteiger partial charge on any atom is -0.313 e. The van der Waals surface area contributed by atoms with Gasteiger partial charge in [0.2, 0.25) is 0 Å². The molecule has 2 heterocycles. The second-order valence-corrected chi connectivity index (χ2v) is 4.67. The molecule has 4 nitrogen and oxygen atoms in total. The topological polar surface area (TPSA) is 50.7 Å². The van der Waals surface area contributed by atoms with E-state index in [0.717, 1.165) is 41.4 Å². The SMILES string of the molecule is CCNCc1c(C)nc(-c2cnccc2C)nc1C. The van der Waals surface area contributed by atoms with Crippen molar-refractivity contribution < 1.29 is 0 Å². The number of nitrogens with one attached hydrogen (secondary N) is 1. The molecule has 0 atom stereocenters. The lowest BCUT2D eigenvalue weighted by molar-refractivity contribution is 0.711. The van der Waals surface area contributed by atoms with Crippen LogP contribution in [0.2, 0.25) is 0 Å². The first-order valence-corrected chi connectivity index (χ1v) is 6.59. The van der Waals surface area contributed by atoms with Crippen molar-refractivity contribution in [3.05, 3.63) is 41.0 Å². The molecule has 0 saturated carbocycles. The molecule has 0 aromatic carbocycles. The van der Waals surface area contributed by atoms with Crippen molar-refractivity contribution in [1.29, 1.82) is 0 Å². The highest BCUT2D eigenvalue weighted by atomic mass is 14.9. The predicted octanol–water partition coefficient (Wildman–Crippen LogP) is 2.57. The van der Waals surface area contributed by atoms with E-state index in [-0.39, 0.29) is 0 Å². The van der Waals surface area contributed by atoms with E-state index >= 15 is 0 Å². The Labute approximate surface area is 114 Å². The molecule has 0 aliphatic heterocycles. The van der Waals surface area contributed by atoms with Gasteiger partial charge in [-0.3, -0.25) is 4.98 Å². The van der Waals surface area contributed by atoms with Crippen LogP contribution in [0, 0.1) is 20.8 Å². The van der Waals surface area contributed by atoms with Crippen LogP contribution in [0.1, 0.15) is 29.4 Å². The number of hydrogen-bond donors (Lipinski definition) is 1. The first-order chi connectivity index (χ1) is 9.13. The number of aromatic nitrogens is 3. The van der Waals surface area contributed by atoms with E-state index in [1.54, 1.807) is 6.20 Å². The number of nitrogens with zero attached hydrogens (tertiary/aromatic N) is 3. The maximum absolute atomic E-state index is 4.63. The smallest absolute Gasteiger partial charge is 0.161 e. The van der Waals surface area contributed by atoms with Crippen LogP contribution in [0.3, 0.4) is 0 Å². The summed E-state index contributed by atoms with van der Waals surface area (Å²) in [5.41, 5.74) is 5.41. The quantitative estimate of drug-likeness (QED) is 0.913. The second-order valence-electron chi connectivity index (χ2n) is 4.67. The van der Waals surface area contributed by atoms with Gasteiger partial charge in [-0.1, -0.05) is 6.92 Å². The average molecular weight is 256 g/mol. The molecule has 0 aliphatic rings. The molecule has 0 radical (unpaired) electrons. The van der Waals surface area contributed by atoms with Crippen molar-refractivity contribution in [3.63, 3.8) is 0 Å². The van der Waals surface area contributed by atoms with Crippen molar-refractivity contribution in [1.82, 2.24) is 20.3 Å². The molecular formula is C15H20N4. The summed E-state index contributed by atoms with van der Waals surface area (Å²) in [5.74, 6) is 0.765. The van der Waals surface area contributed by atoms with Crippen LogP contribution in [0.5, 0.6) is 0 Å². The van der Waals surface area contributed by atoms with Crippen molar-refractivity contribution in [2.75, 3.05) is 6.54 Å². The Morgan fingerprint density at radius 1 is 1.11 bits per heavy atom. The van der Waals surface area contributed by atoms with Gasteiger partial charge >= 0.3 is 0 Å². The van der Waals surface area contributed by atoms with E-state index in [1.807, 2.05) is 26.1 Å². The molecule has 0 bridgehead atoms. The zero-order valence-corrected chi connectivity index (χ0v) is 12.0. The molecule has 2 rings (SSSR count). The summed E-state index contributed by atoms with van der Waals surface area (Å²) < 4.78 is 0. The Morgan fingerprint density at radius 2 is 1.79 bits per heavy atom. The van der Waals surface area contributed by atoms with E-state index in [9.17, 15) is 0 Å². The lowest BCUT2D eigenvalue weighted by Crippen LogP contribution is -2.15. The highest BCUT2D eigenvalue weighted by molar-refractivity contribution is 5.58. The first-order valence-electron chi connectivity index (χ1n) is 6.59. The third kappa shape index (κ3) is 2.96. The van der Waals surface area contributed by atoms with Crippen LogP contribution < -0.4 is 5.32 Å². The standard InChI is InChI=1S/C15H20N4/c1-5-16-9-14-11(3)18-15(19-12(14)4)13-8-17-7-6-10(13)2/h6-8,16H,5,9H2,1-4H3. The molecule has 2 aromatic heterocycles. The van der Waals surface area contributed by atoms with Crippen LogP contribution in [-0.4, -0.2) is 21.5 Å². The summed E-state index contributed by atoms with van der Waals surface area (Å²) in [4.78, 5) is 13.4. The fourth-order valence-electron chi connectivity index (χ4n) is 2.06. The Balaban J connectivity index is 2.43. The predicted molar refractivity (Wildman–Crippen MR) is 76.9 cm³/mol. The molecule has 100 valence electrons. The second kappa shape index (κ2) is 5.89. The zero-order valence-electron chi connectivity index (χ0n) is 12.0. The third-order valence-corrected chi connectivity index (χ3v) is 3.25. The maximum atomic E-state index is 4.63. The molecule has 0 spiro atoms. The van der Waals surface area contributed by atoms with Gasteiger partial charge in [0.15, 0.2) is 5.82 Å². The van der Waals surface area contributed by atoms with Gasteiger partial charge in [0, 0.05) is 41.5 Å². The number of pyridine rings is 1. The van der Waals surface area contributed by atoms with Gasteiger partial charge in [0.1, 0.15) is 0 Å². The van der Waals surface area contributed by atoms with E-state index in [1.165, 1.54) is 5.56 Å². The normalized spacial score (nSPS) is 10.7. The van der Waals surface area contributed by atoms with E-state index < -0.39 is 0 Å². The molecule has 0 saturated heterocycles. The van der Waals surface area contributed by atoms with E-state index in [0.29, 0.717) is 0 Å². The van der Waals surface area contributed by atoms with Gasteiger partial charge in [-0.05, 0) is 38.9 Å². The summed E-state index contributed by atoms with van der Waals surface area (Å²) in [6, 6.07) is 1.98. The van der Waals surface area contributed by atoms with Crippen LogP contribution in [0.4, 0.5) is 0 Å². The summed E-state index contributed by atoms with van der Waals surface area (Å²) in [7, 11) is 0. The van der Waals surface area contributed by atoms with E-state index in [2.05, 4.69) is 34.1 Å². The monoisotopic (exact) mass is 256 g/mol. The molecule has 19 heavy (non-hydrogen) atoms. The van der Waals surface area contributed by atoms with Gasteiger partial charge in [-0.25, -0.2) is 9.97 Å². The summed E-state index contributed by atoms with van der Waals surface area (Å²) >= 11 is 0. The van der Waals surface area contributed by atoms with E-state index in [4.69, 9.17) is 0 Å². The first kappa shape index (κ1) is 13.6. The van der Waals surface area contributed by atoms with Crippen LogP contribution in [0.15, 0.2) is 18.5 Å². The molecule has 0 aliphatic carbocycles. The van der Waals surface area contributed by atoms with Gasteiger partial charge in [0.05, 0.1) is 0 Å². The molecule has 0 unspecified atom stereocenters. The Kier molecular flexibility index (Phi) is 4.22. The third-order valence-electron chi connectivity index (χ3n) is 3.25. The molecule has 2 aromatic rings. The van der Waals surface area contributed by atoms with Crippen LogP contribution >= 0.6 is 0 Å². The maximum Gasteiger partial charge on any atom is 0.161 e. The number of hydrogen-bond acceptors (Lipinski definition) is 4. The molecule has 1 N–H and O–H groups in total. The molecular weight excluding hydrogens is 236 g/mol. The summed E-state index contributed by atoms with van der Waals surface area (Å²) in [5, 5.41) is 3.32. The largest absolute Gasteiger partial charge is 0.313 e. The Morgan fingerprint density at radius 3 is 2.37 bits per heavy atom. The fraction of sp³-hybridized carbons (Fsp3) is 0.400. The number of aryl methyl sites for hydroxylation is 3. The molecule has 4 heteroatoms. The minimum atomic E-state index is 0.765. The van der Waals surface area contributed by atoms with Gasteiger partial charge < -0.3 is 5.32 Å². The highest BCUT2D eigenvalue weighted by Gasteiger charge is 2.11. The zero-order chi connectivity index (χ0) is 13.8. The van der Waals surface area contributed by atoms with Crippen molar-refractivity contribution in [2.45, 2.75) is 34.2 Å². The molecule has 0 amide bonds. The van der Waals surface area contributed by atoms with Crippen LogP contribution in [-0.2, 0) is 6.54 Å². The molecule has 0 fully saturated rings. The van der Waals surface area contributed by atoms with Crippen molar-refractivity contribution in [3.8, 4) is 11.4 Å². The van der Waals surface area contributed by atoms with Crippen molar-refractivity contribution >= 4 is 0 Å². The Bertz CT molecular complexity index is 555. The van der Waals surface area contributed by atoms with Gasteiger partial charge in [0.25, 0.3) is 0 Å². The highest BCUT2D eigenvalue weighted by Crippen LogP contribution is 2.21. The van der Waals surface area contributed by atoms with Crippen LogP contribution in [0.25, 0.3) is 11.4 Å². The summed E-state index contributed by atoms with van der Waals surface area (Å²) in [6.45, 7) is 9.99. The lowest BCUT2D eigenvalue weighted by Gasteiger charge is -2.12. The fourth-order valence-corrected chi connectivity index (χ4v) is 2.06. The van der Waals surface area contributed by atoms with Gasteiger partial charge in [-0.15, -0.1) is 0 Å². The van der Waals surface area contributed by atoms with Crippen molar-refractivity contribution in [2.24, 2.45) is 0 Å². The van der Waals surface area contributed by atoms with Gasteiger partial charge in [-0.2, -0.15) is 0 Å². The lowest BCUT2D eigenvalue weighted by atomic mass is 10.1.